The third kappa shape index (κ3) is 6.01. The molecule has 0 atom stereocenters. The van der Waals surface area contributed by atoms with Gasteiger partial charge in [0.25, 0.3) is 5.91 Å². The first-order chi connectivity index (χ1) is 10.9. The summed E-state index contributed by atoms with van der Waals surface area (Å²) in [6.07, 6.45) is 0.922. The Balaban J connectivity index is 0.00000156. The first-order valence-corrected chi connectivity index (χ1v) is 7.99. The summed E-state index contributed by atoms with van der Waals surface area (Å²) >= 11 is 0. The molecule has 1 aromatic heterocycles. The van der Waals surface area contributed by atoms with Crippen molar-refractivity contribution in [2.75, 3.05) is 19.6 Å². The molecule has 1 amide bonds. The van der Waals surface area contributed by atoms with Gasteiger partial charge in [-0.05, 0) is 50.3 Å². The predicted octanol–water partition coefficient (Wildman–Crippen LogP) is 3.55. The fourth-order valence-corrected chi connectivity index (χ4v) is 2.81. The van der Waals surface area contributed by atoms with Crippen molar-refractivity contribution >= 4 is 30.7 Å². The Morgan fingerprint density at radius 2 is 1.80 bits per heavy atom. The van der Waals surface area contributed by atoms with Gasteiger partial charge in [-0.3, -0.25) is 9.78 Å². The van der Waals surface area contributed by atoms with E-state index in [1.807, 2.05) is 0 Å². The van der Waals surface area contributed by atoms with Crippen molar-refractivity contribution in [2.24, 2.45) is 5.92 Å². The molecule has 0 aromatic carbocycles. The van der Waals surface area contributed by atoms with E-state index in [0.717, 1.165) is 37.6 Å². The number of halogens is 5. The molecule has 1 saturated heterocycles. The van der Waals surface area contributed by atoms with Gasteiger partial charge in [0.2, 0.25) is 0 Å². The highest BCUT2D eigenvalue weighted by molar-refractivity contribution is 5.94. The van der Waals surface area contributed by atoms with Crippen LogP contribution in [0.5, 0.6) is 0 Å². The van der Waals surface area contributed by atoms with Gasteiger partial charge in [-0.2, -0.15) is 13.2 Å². The summed E-state index contributed by atoms with van der Waals surface area (Å²) in [6.45, 7) is 2.31. The molecule has 25 heavy (non-hydrogen) atoms. The van der Waals surface area contributed by atoms with Crippen molar-refractivity contribution in [3.8, 4) is 0 Å². The van der Waals surface area contributed by atoms with Gasteiger partial charge in [0.1, 0.15) is 5.69 Å². The summed E-state index contributed by atoms with van der Waals surface area (Å²) in [5.41, 5.74) is -0.764. The van der Waals surface area contributed by atoms with E-state index < -0.39 is 11.9 Å². The number of amides is 1. The Hall–Kier alpha value is -1.05. The standard InChI is InChI=1S/C16H20F3N3O.2ClH/c17-16(18,19)14-4-3-12(10-21-14)15(23)22-7-5-13(6-8-22)20-9-11-1-2-11;;/h3-4,10-11,13,20H,1-2,5-9H2;2*1H. The lowest BCUT2D eigenvalue weighted by Gasteiger charge is -2.32. The second-order valence-corrected chi connectivity index (χ2v) is 6.35. The van der Waals surface area contributed by atoms with Gasteiger partial charge in [-0.1, -0.05) is 0 Å². The molecule has 1 aliphatic carbocycles. The molecule has 2 heterocycles. The lowest BCUT2D eigenvalue weighted by Crippen LogP contribution is -2.45. The van der Waals surface area contributed by atoms with Crippen LogP contribution in [0, 0.1) is 5.92 Å². The van der Waals surface area contributed by atoms with E-state index in [4.69, 9.17) is 0 Å². The second kappa shape index (κ2) is 9.05. The third-order valence-corrected chi connectivity index (χ3v) is 4.48. The smallest absolute Gasteiger partial charge is 0.338 e. The minimum Gasteiger partial charge on any atom is -0.338 e. The fourth-order valence-electron chi connectivity index (χ4n) is 2.81. The molecule has 2 fully saturated rings. The first-order valence-electron chi connectivity index (χ1n) is 7.99. The summed E-state index contributed by atoms with van der Waals surface area (Å²) in [7, 11) is 0. The normalized spacial score (nSPS) is 18.3. The number of hydrogen-bond acceptors (Lipinski definition) is 3. The van der Waals surface area contributed by atoms with Crippen LogP contribution in [-0.4, -0.2) is 41.5 Å². The van der Waals surface area contributed by atoms with Gasteiger partial charge < -0.3 is 10.2 Å². The lowest BCUT2D eigenvalue weighted by atomic mass is 10.0. The van der Waals surface area contributed by atoms with Crippen LogP contribution in [0.25, 0.3) is 0 Å². The van der Waals surface area contributed by atoms with E-state index in [1.165, 1.54) is 18.9 Å². The Bertz CT molecular complexity index is 557. The lowest BCUT2D eigenvalue weighted by molar-refractivity contribution is -0.141. The number of nitrogens with zero attached hydrogens (tertiary/aromatic N) is 2. The molecule has 3 rings (SSSR count). The number of aromatic nitrogens is 1. The van der Waals surface area contributed by atoms with E-state index in [2.05, 4.69) is 10.3 Å². The molecule has 9 heteroatoms. The van der Waals surface area contributed by atoms with Gasteiger partial charge in [0.15, 0.2) is 0 Å². The maximum Gasteiger partial charge on any atom is 0.433 e. The van der Waals surface area contributed by atoms with Crippen molar-refractivity contribution in [2.45, 2.75) is 37.9 Å². The number of piperidine rings is 1. The van der Waals surface area contributed by atoms with Crippen molar-refractivity contribution in [1.82, 2.24) is 15.2 Å². The second-order valence-electron chi connectivity index (χ2n) is 6.35. The van der Waals surface area contributed by atoms with Crippen LogP contribution in [-0.2, 0) is 6.18 Å². The zero-order chi connectivity index (χ0) is 16.4. The van der Waals surface area contributed by atoms with Gasteiger partial charge in [0.05, 0.1) is 5.56 Å². The molecule has 1 N–H and O–H groups in total. The van der Waals surface area contributed by atoms with E-state index >= 15 is 0 Å². The molecule has 4 nitrogen and oxygen atoms in total. The quantitative estimate of drug-likeness (QED) is 0.841. The number of hydrogen-bond donors (Lipinski definition) is 1. The highest BCUT2D eigenvalue weighted by atomic mass is 35.5. The summed E-state index contributed by atoms with van der Waals surface area (Å²) in [5.74, 6) is 0.583. The molecule has 1 aromatic rings. The molecular formula is C16H22Cl2F3N3O. The predicted molar refractivity (Wildman–Crippen MR) is 93.4 cm³/mol. The number of carbonyl (C=O) groups excluding carboxylic acids is 1. The van der Waals surface area contributed by atoms with Gasteiger partial charge >= 0.3 is 6.18 Å². The largest absolute Gasteiger partial charge is 0.433 e. The van der Waals surface area contributed by atoms with Gasteiger partial charge in [-0.15, -0.1) is 24.8 Å². The van der Waals surface area contributed by atoms with Crippen LogP contribution >= 0.6 is 24.8 Å². The molecule has 0 bridgehead atoms. The number of nitrogens with one attached hydrogen (secondary N) is 1. The zero-order valence-electron chi connectivity index (χ0n) is 13.6. The molecule has 0 radical (unpaired) electrons. The molecule has 0 unspecified atom stereocenters. The highest BCUT2D eigenvalue weighted by Gasteiger charge is 2.32. The molecule has 142 valence electrons. The van der Waals surface area contributed by atoms with Crippen molar-refractivity contribution in [3.05, 3.63) is 29.6 Å². The van der Waals surface area contributed by atoms with E-state index in [9.17, 15) is 18.0 Å². The molecule has 2 aliphatic rings. The number of alkyl halides is 3. The van der Waals surface area contributed by atoms with Crippen LogP contribution in [0.2, 0.25) is 0 Å². The van der Waals surface area contributed by atoms with Crippen LogP contribution in [0.1, 0.15) is 41.7 Å². The van der Waals surface area contributed by atoms with Crippen LogP contribution < -0.4 is 5.32 Å². The monoisotopic (exact) mass is 399 g/mol. The SMILES string of the molecule is Cl.Cl.O=C(c1ccc(C(F)(F)F)nc1)N1CCC(NCC2CC2)CC1. The third-order valence-electron chi connectivity index (χ3n) is 4.48. The van der Waals surface area contributed by atoms with Crippen LogP contribution in [0.4, 0.5) is 13.2 Å². The van der Waals surface area contributed by atoms with Gasteiger partial charge in [0, 0.05) is 25.3 Å². The van der Waals surface area contributed by atoms with E-state index in [1.54, 1.807) is 4.90 Å². The van der Waals surface area contributed by atoms with Crippen molar-refractivity contribution < 1.29 is 18.0 Å². The minimum absolute atomic E-state index is 0. The molecular weight excluding hydrogens is 378 g/mol. The summed E-state index contributed by atoms with van der Waals surface area (Å²) < 4.78 is 37.5. The number of rotatable bonds is 4. The summed E-state index contributed by atoms with van der Waals surface area (Å²) in [5, 5.41) is 3.53. The van der Waals surface area contributed by atoms with Crippen molar-refractivity contribution in [1.29, 1.82) is 0 Å². The number of pyridine rings is 1. The Kier molecular flexibility index (Phi) is 7.96. The Labute approximate surface area is 157 Å². The molecule has 1 saturated carbocycles. The highest BCUT2D eigenvalue weighted by Crippen LogP contribution is 2.28. The van der Waals surface area contributed by atoms with Gasteiger partial charge in [-0.25, -0.2) is 0 Å². The number of likely N-dealkylation sites (tertiary alicyclic amines) is 1. The molecule has 0 spiro atoms. The fraction of sp³-hybridized carbons (Fsp3) is 0.625. The zero-order valence-corrected chi connectivity index (χ0v) is 15.2. The van der Waals surface area contributed by atoms with E-state index in [-0.39, 0.29) is 36.3 Å². The minimum atomic E-state index is -4.48. The Morgan fingerprint density at radius 3 is 2.28 bits per heavy atom. The average Bonchev–Trinajstić information content (AvgIpc) is 3.36. The number of carbonyl (C=O) groups is 1. The average molecular weight is 400 g/mol. The maximum absolute atomic E-state index is 12.5. The van der Waals surface area contributed by atoms with Crippen LogP contribution in [0.15, 0.2) is 18.3 Å². The van der Waals surface area contributed by atoms with Crippen molar-refractivity contribution in [3.63, 3.8) is 0 Å². The Morgan fingerprint density at radius 1 is 1.16 bits per heavy atom. The molecule has 1 aliphatic heterocycles. The first kappa shape index (κ1) is 22.0. The topological polar surface area (TPSA) is 45.2 Å². The van der Waals surface area contributed by atoms with Crippen LogP contribution in [0.3, 0.4) is 0 Å². The summed E-state index contributed by atoms with van der Waals surface area (Å²) in [4.78, 5) is 17.4. The summed E-state index contributed by atoms with van der Waals surface area (Å²) in [6, 6.07) is 2.50. The maximum atomic E-state index is 12.5. The van der Waals surface area contributed by atoms with E-state index in [0.29, 0.717) is 19.1 Å².